The lowest BCUT2D eigenvalue weighted by Gasteiger charge is -2.23. The van der Waals surface area contributed by atoms with Gasteiger partial charge in [-0.1, -0.05) is 12.8 Å². The van der Waals surface area contributed by atoms with E-state index in [1.807, 2.05) is 0 Å². The summed E-state index contributed by atoms with van der Waals surface area (Å²) in [6, 6.07) is 0.483. The maximum atomic E-state index is 6.00. The molecule has 5 heteroatoms. The fraction of sp³-hybridized carbons (Fsp3) is 0.750. The van der Waals surface area contributed by atoms with Gasteiger partial charge in [0.25, 0.3) is 0 Å². The zero-order chi connectivity index (χ0) is 15.0. The predicted octanol–water partition coefficient (Wildman–Crippen LogP) is 4.09. The fourth-order valence-corrected chi connectivity index (χ4v) is 3.96. The molecule has 1 atom stereocenters. The Hall–Kier alpha value is -1.03. The van der Waals surface area contributed by atoms with E-state index < -0.39 is 0 Å². The molecule has 0 spiro atoms. The Morgan fingerprint density at radius 3 is 2.67 bits per heavy atom. The van der Waals surface area contributed by atoms with Crippen LogP contribution in [0.5, 0.6) is 0 Å². The van der Waals surface area contributed by atoms with Crippen LogP contribution >= 0.6 is 11.6 Å². The van der Waals surface area contributed by atoms with Gasteiger partial charge in [0.15, 0.2) is 5.65 Å². The minimum absolute atomic E-state index is 0.483. The van der Waals surface area contributed by atoms with Gasteiger partial charge in [0.2, 0.25) is 0 Å². The van der Waals surface area contributed by atoms with Crippen LogP contribution in [-0.4, -0.2) is 25.2 Å². The van der Waals surface area contributed by atoms with Crippen LogP contribution in [0.15, 0.2) is 0 Å². The molecule has 3 rings (SSSR count). The Morgan fingerprint density at radius 1 is 1.33 bits per heavy atom. The van der Waals surface area contributed by atoms with Gasteiger partial charge in [0.1, 0.15) is 11.3 Å². The quantitative estimate of drug-likeness (QED) is 0.780. The topological polar surface area (TPSA) is 35.6 Å². The molecular weight excluding hydrogens is 284 g/mol. The molecule has 0 saturated heterocycles. The average molecular weight is 309 g/mol. The van der Waals surface area contributed by atoms with Crippen LogP contribution in [0.1, 0.15) is 57.1 Å². The summed E-state index contributed by atoms with van der Waals surface area (Å²) >= 11 is 6.00. The second kappa shape index (κ2) is 5.99. The minimum Gasteiger partial charge on any atom is -0.310 e. The van der Waals surface area contributed by atoms with Crippen LogP contribution in [0.3, 0.4) is 0 Å². The number of alkyl halides is 1. The number of aryl methyl sites for hydroxylation is 3. The van der Waals surface area contributed by atoms with Crippen molar-refractivity contribution >= 4 is 22.8 Å². The van der Waals surface area contributed by atoms with Gasteiger partial charge in [-0.25, -0.2) is 9.67 Å². The molecule has 116 valence electrons. The van der Waals surface area contributed by atoms with Crippen LogP contribution in [0.25, 0.3) is 11.2 Å². The highest BCUT2D eigenvalue weighted by molar-refractivity contribution is 6.17. The molecule has 2 aromatic rings. The molecular formula is C16H25ClN4. The Balaban J connectivity index is 2.13. The Labute approximate surface area is 131 Å². The van der Waals surface area contributed by atoms with Crippen molar-refractivity contribution < 1.29 is 0 Å². The molecule has 21 heavy (non-hydrogen) atoms. The van der Waals surface area contributed by atoms with E-state index in [0.717, 1.165) is 35.9 Å². The van der Waals surface area contributed by atoms with Crippen molar-refractivity contribution in [2.24, 2.45) is 5.92 Å². The van der Waals surface area contributed by atoms with Gasteiger partial charge in [-0.15, -0.1) is 11.6 Å². The second-order valence-corrected chi connectivity index (χ2v) is 6.57. The maximum Gasteiger partial charge on any atom is 0.159 e. The Kier molecular flexibility index (Phi) is 4.25. The lowest BCUT2D eigenvalue weighted by Crippen LogP contribution is -2.19. The molecule has 0 bridgehead atoms. The number of halogens is 1. The molecule has 4 nitrogen and oxygen atoms in total. The predicted molar refractivity (Wildman–Crippen MR) is 87.0 cm³/mol. The van der Waals surface area contributed by atoms with E-state index in [1.54, 1.807) is 0 Å². The van der Waals surface area contributed by atoms with Crippen LogP contribution in [0.2, 0.25) is 0 Å². The van der Waals surface area contributed by atoms with E-state index in [0.29, 0.717) is 11.9 Å². The first-order chi connectivity index (χ1) is 10.2. The first kappa shape index (κ1) is 14.9. The molecule has 2 heterocycles. The first-order valence-electron chi connectivity index (χ1n) is 8.17. The molecule has 1 saturated carbocycles. The van der Waals surface area contributed by atoms with Crippen molar-refractivity contribution in [2.75, 3.05) is 5.88 Å². The number of rotatable bonds is 5. The molecule has 0 aromatic carbocycles. The summed E-state index contributed by atoms with van der Waals surface area (Å²) in [5, 5.41) is 4.64. The molecule has 0 amide bonds. The summed E-state index contributed by atoms with van der Waals surface area (Å²) in [6.07, 6.45) is 6.23. The van der Waals surface area contributed by atoms with E-state index >= 15 is 0 Å². The zero-order valence-electron chi connectivity index (χ0n) is 13.3. The van der Waals surface area contributed by atoms with E-state index in [2.05, 4.69) is 35.1 Å². The summed E-state index contributed by atoms with van der Waals surface area (Å²) in [7, 11) is 0. The third kappa shape index (κ3) is 2.48. The van der Waals surface area contributed by atoms with Gasteiger partial charge in [0.05, 0.1) is 5.69 Å². The number of fused-ring (bicyclic) bond motifs is 1. The monoisotopic (exact) mass is 308 g/mol. The molecule has 1 aliphatic rings. The third-order valence-electron chi connectivity index (χ3n) is 4.92. The molecule has 0 aliphatic heterocycles. The summed E-state index contributed by atoms with van der Waals surface area (Å²) < 4.78 is 4.53. The number of aromatic nitrogens is 4. The maximum absolute atomic E-state index is 6.00. The highest BCUT2D eigenvalue weighted by atomic mass is 35.5. The minimum atomic E-state index is 0.483. The third-order valence-corrected chi connectivity index (χ3v) is 5.11. The summed E-state index contributed by atoms with van der Waals surface area (Å²) in [4.78, 5) is 4.86. The van der Waals surface area contributed by atoms with Crippen LogP contribution in [0, 0.1) is 12.8 Å². The largest absolute Gasteiger partial charge is 0.310 e. The van der Waals surface area contributed by atoms with Gasteiger partial charge in [-0.3, -0.25) is 0 Å². The van der Waals surface area contributed by atoms with Gasteiger partial charge < -0.3 is 4.57 Å². The zero-order valence-corrected chi connectivity index (χ0v) is 14.0. The van der Waals surface area contributed by atoms with Gasteiger partial charge in [-0.2, -0.15) is 5.10 Å². The summed E-state index contributed by atoms with van der Waals surface area (Å²) in [6.45, 7) is 7.42. The van der Waals surface area contributed by atoms with E-state index in [9.17, 15) is 0 Å². The number of imidazole rings is 1. The van der Waals surface area contributed by atoms with E-state index in [1.165, 1.54) is 31.3 Å². The number of hydrogen-bond donors (Lipinski definition) is 0. The van der Waals surface area contributed by atoms with Crippen molar-refractivity contribution in [3.63, 3.8) is 0 Å². The molecule has 1 fully saturated rings. The lowest BCUT2D eigenvalue weighted by atomic mass is 9.99. The van der Waals surface area contributed by atoms with Crippen molar-refractivity contribution in [3.8, 4) is 0 Å². The van der Waals surface area contributed by atoms with Gasteiger partial charge in [-0.05, 0) is 39.5 Å². The van der Waals surface area contributed by atoms with Crippen molar-refractivity contribution in [1.82, 2.24) is 19.3 Å². The van der Waals surface area contributed by atoms with Crippen LogP contribution in [-0.2, 0) is 13.0 Å². The van der Waals surface area contributed by atoms with Gasteiger partial charge >= 0.3 is 0 Å². The van der Waals surface area contributed by atoms with Crippen LogP contribution in [0.4, 0.5) is 0 Å². The molecule has 1 aliphatic carbocycles. The van der Waals surface area contributed by atoms with Gasteiger partial charge in [0, 0.05) is 24.9 Å². The highest BCUT2D eigenvalue weighted by Gasteiger charge is 2.28. The lowest BCUT2D eigenvalue weighted by molar-refractivity contribution is 0.355. The van der Waals surface area contributed by atoms with Crippen LogP contribution < -0.4 is 0 Å². The average Bonchev–Trinajstić information content (AvgIpc) is 3.16. The van der Waals surface area contributed by atoms with E-state index in [4.69, 9.17) is 16.6 Å². The SMILES string of the molecule is CCn1nc(C)c2nc(CCCl)n(C(C)C3CCCC3)c21. The number of hydrogen-bond acceptors (Lipinski definition) is 2. The molecule has 0 N–H and O–H groups in total. The fourth-order valence-electron chi connectivity index (χ4n) is 3.79. The van der Waals surface area contributed by atoms with Crippen molar-refractivity contribution in [3.05, 3.63) is 11.5 Å². The van der Waals surface area contributed by atoms with E-state index in [-0.39, 0.29) is 0 Å². The molecule has 2 aromatic heterocycles. The summed E-state index contributed by atoms with van der Waals surface area (Å²) in [5.41, 5.74) is 3.27. The van der Waals surface area contributed by atoms with Crippen molar-refractivity contribution in [2.45, 2.75) is 65.5 Å². The Morgan fingerprint density at radius 2 is 2.05 bits per heavy atom. The van der Waals surface area contributed by atoms with Crippen molar-refractivity contribution in [1.29, 1.82) is 0 Å². The summed E-state index contributed by atoms with van der Waals surface area (Å²) in [5.74, 6) is 2.51. The standard InChI is InChI=1S/C16H25ClN4/c1-4-20-16-15(11(2)19-20)18-14(9-10-17)21(16)12(3)13-7-5-6-8-13/h12-13H,4-10H2,1-3H3. The number of nitrogens with zero attached hydrogens (tertiary/aromatic N) is 4. The highest BCUT2D eigenvalue weighted by Crippen LogP contribution is 2.37. The molecule has 0 radical (unpaired) electrons. The first-order valence-corrected chi connectivity index (χ1v) is 8.71. The normalized spacial score (nSPS) is 17.9. The Bertz CT molecular complexity index is 622. The molecule has 1 unspecified atom stereocenters. The second-order valence-electron chi connectivity index (χ2n) is 6.20. The smallest absolute Gasteiger partial charge is 0.159 e.